The fourth-order valence-electron chi connectivity index (χ4n) is 3.96. The Morgan fingerprint density at radius 3 is 2.29 bits per heavy atom. The summed E-state index contributed by atoms with van der Waals surface area (Å²) in [5, 5.41) is 3.35. The minimum Gasteiger partial charge on any atom is -0.444 e. The molecule has 31 heavy (non-hydrogen) atoms. The van der Waals surface area contributed by atoms with Gasteiger partial charge in [-0.15, -0.1) is 24.0 Å². The van der Waals surface area contributed by atoms with E-state index in [-0.39, 0.29) is 41.7 Å². The Morgan fingerprint density at radius 1 is 1.16 bits per heavy atom. The smallest absolute Gasteiger partial charge is 0.410 e. The molecule has 10 heteroatoms. The third-order valence-electron chi connectivity index (χ3n) is 5.59. The monoisotopic (exact) mass is 572 g/mol. The molecule has 0 radical (unpaired) electrons. The molecule has 2 fully saturated rings. The van der Waals surface area contributed by atoms with Crippen LogP contribution in [0.5, 0.6) is 0 Å². The van der Waals surface area contributed by atoms with Gasteiger partial charge in [-0.25, -0.2) is 13.2 Å². The fraction of sp³-hybridized carbons (Fsp3) is 0.905. The van der Waals surface area contributed by atoms with Gasteiger partial charge in [-0.05, 0) is 65.7 Å². The SMILES string of the molecule is CCNC(=NCC1CCS(=O)(=O)C1)N1CCC(CN(CC)C(=O)OC(C)(C)C)CC1.I. The maximum atomic E-state index is 12.4. The predicted octanol–water partition coefficient (Wildman–Crippen LogP) is 2.97. The summed E-state index contributed by atoms with van der Waals surface area (Å²) in [6.07, 6.45) is 2.45. The molecule has 0 saturated carbocycles. The molecule has 0 aromatic rings. The minimum absolute atomic E-state index is 0. The number of hydrogen-bond acceptors (Lipinski definition) is 5. The number of likely N-dealkylation sites (tertiary alicyclic amines) is 1. The number of nitrogens with zero attached hydrogens (tertiary/aromatic N) is 3. The third-order valence-corrected chi connectivity index (χ3v) is 7.42. The lowest BCUT2D eigenvalue weighted by Gasteiger charge is -2.36. The van der Waals surface area contributed by atoms with Gasteiger partial charge in [-0.2, -0.15) is 0 Å². The van der Waals surface area contributed by atoms with E-state index in [0.29, 0.717) is 37.7 Å². The summed E-state index contributed by atoms with van der Waals surface area (Å²) in [5.74, 6) is 2.00. The molecule has 182 valence electrons. The summed E-state index contributed by atoms with van der Waals surface area (Å²) in [7, 11) is -2.87. The number of nitrogens with one attached hydrogen (secondary N) is 1. The molecule has 0 aromatic carbocycles. The molecule has 2 saturated heterocycles. The van der Waals surface area contributed by atoms with Gasteiger partial charge >= 0.3 is 6.09 Å². The largest absolute Gasteiger partial charge is 0.444 e. The van der Waals surface area contributed by atoms with Crippen molar-refractivity contribution in [1.82, 2.24) is 15.1 Å². The van der Waals surface area contributed by atoms with Crippen molar-refractivity contribution >= 4 is 45.9 Å². The van der Waals surface area contributed by atoms with Crippen molar-refractivity contribution in [2.45, 2.75) is 59.5 Å². The van der Waals surface area contributed by atoms with Crippen LogP contribution in [-0.2, 0) is 14.6 Å². The molecule has 0 spiro atoms. The van der Waals surface area contributed by atoms with Gasteiger partial charge in [0.1, 0.15) is 5.60 Å². The average Bonchev–Trinajstić information content (AvgIpc) is 3.01. The molecule has 1 unspecified atom stereocenters. The number of aliphatic imine (C=N–C) groups is 1. The predicted molar refractivity (Wildman–Crippen MR) is 136 cm³/mol. The van der Waals surface area contributed by atoms with Crippen molar-refractivity contribution < 1.29 is 17.9 Å². The third kappa shape index (κ3) is 9.71. The zero-order chi connectivity index (χ0) is 22.4. The number of guanidine groups is 1. The zero-order valence-electron chi connectivity index (χ0n) is 19.7. The molecule has 2 heterocycles. The second-order valence-electron chi connectivity index (χ2n) is 9.41. The summed E-state index contributed by atoms with van der Waals surface area (Å²) in [6.45, 7) is 14.2. The minimum atomic E-state index is -2.87. The van der Waals surface area contributed by atoms with E-state index >= 15 is 0 Å². The van der Waals surface area contributed by atoms with Crippen molar-refractivity contribution in [3.8, 4) is 0 Å². The van der Waals surface area contributed by atoms with E-state index in [4.69, 9.17) is 9.73 Å². The highest BCUT2D eigenvalue weighted by Gasteiger charge is 2.29. The van der Waals surface area contributed by atoms with Crippen LogP contribution in [0.4, 0.5) is 4.79 Å². The summed E-state index contributed by atoms with van der Waals surface area (Å²) in [5.41, 5.74) is -0.482. The molecule has 2 rings (SSSR count). The van der Waals surface area contributed by atoms with Crippen LogP contribution in [0.25, 0.3) is 0 Å². The number of rotatable bonds is 6. The Morgan fingerprint density at radius 2 is 1.81 bits per heavy atom. The van der Waals surface area contributed by atoms with Crippen LogP contribution in [0.2, 0.25) is 0 Å². The number of sulfone groups is 1. The van der Waals surface area contributed by atoms with E-state index in [0.717, 1.165) is 38.4 Å². The van der Waals surface area contributed by atoms with E-state index in [9.17, 15) is 13.2 Å². The first kappa shape index (κ1) is 28.3. The van der Waals surface area contributed by atoms with Gasteiger partial charge < -0.3 is 19.9 Å². The molecule has 8 nitrogen and oxygen atoms in total. The first-order chi connectivity index (χ1) is 14.0. The molecule has 1 amide bonds. The highest BCUT2D eigenvalue weighted by Crippen LogP contribution is 2.21. The molecule has 0 aromatic heterocycles. The van der Waals surface area contributed by atoms with Crippen molar-refractivity contribution in [2.24, 2.45) is 16.8 Å². The molecular weight excluding hydrogens is 531 g/mol. The molecule has 1 atom stereocenters. The van der Waals surface area contributed by atoms with Crippen LogP contribution in [0, 0.1) is 11.8 Å². The first-order valence-electron chi connectivity index (χ1n) is 11.2. The number of piperidine rings is 1. The Kier molecular flexibility index (Phi) is 11.4. The molecule has 2 aliphatic heterocycles. The zero-order valence-corrected chi connectivity index (χ0v) is 22.9. The quantitative estimate of drug-likeness (QED) is 0.299. The lowest BCUT2D eigenvalue weighted by atomic mass is 9.96. The van der Waals surface area contributed by atoms with Crippen LogP contribution in [0.3, 0.4) is 0 Å². The van der Waals surface area contributed by atoms with Crippen LogP contribution in [0.15, 0.2) is 4.99 Å². The molecule has 0 aliphatic carbocycles. The van der Waals surface area contributed by atoms with Gasteiger partial charge in [0, 0.05) is 39.3 Å². The Bertz CT molecular complexity index is 701. The summed E-state index contributed by atoms with van der Waals surface area (Å²) in [6, 6.07) is 0. The Labute approximate surface area is 205 Å². The molecular formula is C21H41IN4O4S. The average molecular weight is 573 g/mol. The number of halogens is 1. The molecule has 1 N–H and O–H groups in total. The fourth-order valence-corrected chi connectivity index (χ4v) is 5.81. The maximum Gasteiger partial charge on any atom is 0.410 e. The van der Waals surface area contributed by atoms with E-state index in [2.05, 4.69) is 10.2 Å². The van der Waals surface area contributed by atoms with Crippen LogP contribution in [0.1, 0.15) is 53.9 Å². The number of carbonyl (C=O) groups excluding carboxylic acids is 1. The summed E-state index contributed by atoms with van der Waals surface area (Å²) >= 11 is 0. The van der Waals surface area contributed by atoms with Gasteiger partial charge in [0.15, 0.2) is 15.8 Å². The summed E-state index contributed by atoms with van der Waals surface area (Å²) in [4.78, 5) is 21.2. The number of carbonyl (C=O) groups is 1. The molecule has 0 bridgehead atoms. The van der Waals surface area contributed by atoms with Gasteiger partial charge in [-0.3, -0.25) is 4.99 Å². The number of ether oxygens (including phenoxy) is 1. The second-order valence-corrected chi connectivity index (χ2v) is 11.6. The van der Waals surface area contributed by atoms with Gasteiger partial charge in [0.2, 0.25) is 0 Å². The lowest BCUT2D eigenvalue weighted by Crippen LogP contribution is -2.48. The van der Waals surface area contributed by atoms with E-state index in [1.54, 1.807) is 4.90 Å². The van der Waals surface area contributed by atoms with Gasteiger partial charge in [0.05, 0.1) is 11.5 Å². The summed E-state index contributed by atoms with van der Waals surface area (Å²) < 4.78 is 28.9. The maximum absolute atomic E-state index is 12.4. The normalized spacial score (nSPS) is 22.0. The van der Waals surface area contributed by atoms with Crippen LogP contribution in [-0.4, -0.2) is 86.6 Å². The van der Waals surface area contributed by atoms with Gasteiger partial charge in [-0.1, -0.05) is 0 Å². The lowest BCUT2D eigenvalue weighted by molar-refractivity contribution is 0.0214. The van der Waals surface area contributed by atoms with E-state index in [1.807, 2.05) is 34.6 Å². The van der Waals surface area contributed by atoms with Crippen molar-refractivity contribution in [3.05, 3.63) is 0 Å². The Balaban J connectivity index is 0.00000480. The van der Waals surface area contributed by atoms with Crippen LogP contribution < -0.4 is 5.32 Å². The number of hydrogen-bond donors (Lipinski definition) is 1. The van der Waals surface area contributed by atoms with Crippen LogP contribution >= 0.6 is 24.0 Å². The van der Waals surface area contributed by atoms with E-state index < -0.39 is 15.4 Å². The highest BCUT2D eigenvalue weighted by atomic mass is 127. The van der Waals surface area contributed by atoms with Crippen molar-refractivity contribution in [2.75, 3.05) is 50.8 Å². The second kappa shape index (κ2) is 12.5. The highest BCUT2D eigenvalue weighted by molar-refractivity contribution is 14.0. The standard InChI is InChI=1S/C21H40N4O4S.HI/c1-6-22-19(23-14-18-10-13-30(27,28)16-18)25-11-8-17(9-12-25)15-24(7-2)20(26)29-21(3,4)5;/h17-18H,6-16H2,1-5H3,(H,22,23);1H. The topological polar surface area (TPSA) is 91.3 Å². The molecule has 2 aliphatic rings. The van der Waals surface area contributed by atoms with Crippen molar-refractivity contribution in [1.29, 1.82) is 0 Å². The Hall–Kier alpha value is -0.780. The van der Waals surface area contributed by atoms with Gasteiger partial charge in [0.25, 0.3) is 0 Å². The number of amides is 1. The van der Waals surface area contributed by atoms with E-state index in [1.165, 1.54) is 0 Å². The van der Waals surface area contributed by atoms with Crippen molar-refractivity contribution in [3.63, 3.8) is 0 Å². The first-order valence-corrected chi connectivity index (χ1v) is 13.1.